The summed E-state index contributed by atoms with van der Waals surface area (Å²) >= 11 is 1.85. The van der Waals surface area contributed by atoms with Crippen molar-refractivity contribution in [2.75, 3.05) is 51.9 Å². The molecule has 0 saturated carbocycles. The summed E-state index contributed by atoms with van der Waals surface area (Å²) in [5, 5.41) is 12.1. The average molecular weight is 665 g/mol. The Bertz CT molecular complexity index is 1350. The molecule has 4 rings (SSSR count). The van der Waals surface area contributed by atoms with Crippen LogP contribution in [0.1, 0.15) is 47.2 Å². The topological polar surface area (TPSA) is 144 Å². The highest BCUT2D eigenvalue weighted by atomic mass is 32.2. The normalized spacial score (nSPS) is 18.8. The summed E-state index contributed by atoms with van der Waals surface area (Å²) < 4.78 is 16.1. The number of ketones is 1. The third kappa shape index (κ3) is 12.0. The fraction of sp³-hybridized carbons (Fsp3) is 0.486. The molecule has 4 amide bonds. The van der Waals surface area contributed by atoms with Gasteiger partial charge in [-0.15, -0.1) is 6.42 Å². The lowest BCUT2D eigenvalue weighted by Crippen LogP contribution is -2.48. The van der Waals surface area contributed by atoms with Gasteiger partial charge in [0.25, 0.3) is 0 Å². The third-order valence-corrected chi connectivity index (χ3v) is 9.41. The molecule has 4 atom stereocenters. The summed E-state index contributed by atoms with van der Waals surface area (Å²) in [6, 6.07) is 15.6. The Balaban J connectivity index is 1.23. The van der Waals surface area contributed by atoms with Gasteiger partial charge in [0.1, 0.15) is 12.6 Å². The molecule has 252 valence electrons. The van der Waals surface area contributed by atoms with Crippen LogP contribution in [-0.4, -0.2) is 98.9 Å². The molecule has 0 aliphatic carbocycles. The summed E-state index contributed by atoms with van der Waals surface area (Å²) in [6.45, 7) is 2.40. The molecular formula is C35H44N4O7S. The number of amides is 4. The Kier molecular flexibility index (Phi) is 15.1. The van der Waals surface area contributed by atoms with E-state index >= 15 is 0 Å². The van der Waals surface area contributed by atoms with E-state index in [0.29, 0.717) is 55.6 Å². The van der Waals surface area contributed by atoms with Gasteiger partial charge in [-0.05, 0) is 18.4 Å². The minimum absolute atomic E-state index is 0.0829. The van der Waals surface area contributed by atoms with Crippen LogP contribution in [0.15, 0.2) is 54.6 Å². The van der Waals surface area contributed by atoms with Crippen LogP contribution < -0.4 is 21.3 Å². The molecule has 0 radical (unpaired) electrons. The largest absolute Gasteiger partial charge is 0.377 e. The van der Waals surface area contributed by atoms with Crippen LogP contribution in [0.2, 0.25) is 0 Å². The van der Waals surface area contributed by atoms with Crippen LogP contribution in [0.4, 0.5) is 4.79 Å². The number of rotatable bonds is 21. The van der Waals surface area contributed by atoms with E-state index in [1.165, 1.54) is 0 Å². The summed E-state index contributed by atoms with van der Waals surface area (Å²) in [4.78, 5) is 50.6. The summed E-state index contributed by atoms with van der Waals surface area (Å²) in [7, 11) is 0. The molecule has 0 bridgehead atoms. The fourth-order valence-corrected chi connectivity index (χ4v) is 7.02. The molecule has 47 heavy (non-hydrogen) atoms. The number of hydrogen-bond acceptors (Lipinski definition) is 8. The van der Waals surface area contributed by atoms with Crippen molar-refractivity contribution in [3.05, 3.63) is 71.3 Å². The van der Waals surface area contributed by atoms with Crippen molar-refractivity contribution < 1.29 is 33.4 Å². The van der Waals surface area contributed by atoms with E-state index in [4.69, 9.17) is 20.6 Å². The van der Waals surface area contributed by atoms with Gasteiger partial charge < -0.3 is 35.5 Å². The highest BCUT2D eigenvalue weighted by molar-refractivity contribution is 8.00. The molecule has 0 spiro atoms. The van der Waals surface area contributed by atoms with Gasteiger partial charge in [-0.3, -0.25) is 14.4 Å². The minimum Gasteiger partial charge on any atom is -0.377 e. The minimum atomic E-state index is -0.796. The van der Waals surface area contributed by atoms with Crippen molar-refractivity contribution in [2.45, 2.75) is 55.5 Å². The van der Waals surface area contributed by atoms with Gasteiger partial charge in [0, 0.05) is 41.5 Å². The lowest BCUT2D eigenvalue weighted by atomic mass is 9.99. The number of hydrogen-bond donors (Lipinski definition) is 4. The number of benzene rings is 2. The van der Waals surface area contributed by atoms with E-state index in [-0.39, 0.29) is 61.9 Å². The van der Waals surface area contributed by atoms with Gasteiger partial charge in [-0.25, -0.2) is 4.79 Å². The summed E-state index contributed by atoms with van der Waals surface area (Å²) in [5.41, 5.74) is 1.96. The second-order valence-electron chi connectivity index (χ2n) is 11.4. The van der Waals surface area contributed by atoms with E-state index in [1.54, 1.807) is 24.3 Å². The second kappa shape index (κ2) is 19.7. The van der Waals surface area contributed by atoms with E-state index in [1.807, 2.05) is 42.1 Å². The molecule has 4 N–H and O–H groups in total. The zero-order valence-electron chi connectivity index (χ0n) is 26.5. The van der Waals surface area contributed by atoms with Crippen LogP contribution in [0.3, 0.4) is 0 Å². The van der Waals surface area contributed by atoms with Crippen molar-refractivity contribution in [2.24, 2.45) is 0 Å². The Morgan fingerprint density at radius 2 is 1.62 bits per heavy atom. The Labute approximate surface area is 280 Å². The van der Waals surface area contributed by atoms with Crippen LogP contribution in [0, 0.1) is 12.3 Å². The first-order valence-electron chi connectivity index (χ1n) is 16.1. The molecule has 2 heterocycles. The highest BCUT2D eigenvalue weighted by Gasteiger charge is 2.42. The number of carbonyl (C=O) groups is 4. The van der Waals surface area contributed by atoms with Crippen LogP contribution >= 0.6 is 11.8 Å². The van der Waals surface area contributed by atoms with Crippen molar-refractivity contribution >= 4 is 35.4 Å². The predicted octanol–water partition coefficient (Wildman–Crippen LogP) is 2.47. The van der Waals surface area contributed by atoms with Crippen molar-refractivity contribution in [3.63, 3.8) is 0 Å². The van der Waals surface area contributed by atoms with Crippen molar-refractivity contribution in [1.82, 2.24) is 21.3 Å². The Hall–Kier alpha value is -3.89. The third-order valence-electron chi connectivity index (χ3n) is 7.90. The standard InChI is InChI=1S/C35H44N4O7S/c1-2-17-44-19-21-46-22-20-45-18-16-36-34(42)28(23-25-12-14-27(15-13-25)33(41)26-8-4-3-5-9-26)37-31(40)11-7-6-10-30-32-29(24-47-30)38-35(43)39-32/h1,3-5,8-9,12-15,28-30,32H,6-7,10-11,16-24H2,(H,36,42)(H,37,40)(H2,38,39,43)/t28-,29-,30-,32-/m0/s1. The molecular weight excluding hydrogens is 620 g/mol. The summed E-state index contributed by atoms with van der Waals surface area (Å²) in [5.74, 6) is 2.69. The van der Waals surface area contributed by atoms with Crippen LogP contribution in [-0.2, 0) is 30.2 Å². The molecule has 2 fully saturated rings. The number of nitrogens with one attached hydrogen (secondary N) is 4. The lowest BCUT2D eigenvalue weighted by molar-refractivity contribution is -0.129. The number of unbranched alkanes of at least 4 members (excludes halogenated alkanes) is 1. The zero-order valence-corrected chi connectivity index (χ0v) is 27.4. The SMILES string of the molecule is C#CCOCCOCCOCCNC(=O)[C@H](Cc1ccc(C(=O)c2ccccc2)cc1)NC(=O)CCCC[C@@H]1SC[C@@H]2NC(=O)N[C@@H]21. The average Bonchev–Trinajstić information content (AvgIpc) is 3.64. The van der Waals surface area contributed by atoms with Crippen molar-refractivity contribution in [1.29, 1.82) is 0 Å². The number of ether oxygens (including phenoxy) is 3. The molecule has 2 aliphatic heterocycles. The molecule has 2 saturated heterocycles. The van der Waals surface area contributed by atoms with Gasteiger partial charge >= 0.3 is 6.03 Å². The maximum atomic E-state index is 13.2. The highest BCUT2D eigenvalue weighted by Crippen LogP contribution is 2.33. The summed E-state index contributed by atoms with van der Waals surface area (Å²) in [6.07, 6.45) is 8.11. The van der Waals surface area contributed by atoms with Crippen LogP contribution in [0.5, 0.6) is 0 Å². The molecule has 0 aromatic heterocycles. The van der Waals surface area contributed by atoms with Crippen molar-refractivity contribution in [3.8, 4) is 12.3 Å². The molecule has 2 aromatic rings. The molecule has 2 aliphatic rings. The van der Waals surface area contributed by atoms with Gasteiger partial charge in [0.15, 0.2) is 5.78 Å². The number of terminal acetylenes is 1. The first-order chi connectivity index (χ1) is 22.9. The molecule has 12 heteroatoms. The maximum Gasteiger partial charge on any atom is 0.315 e. The smallest absolute Gasteiger partial charge is 0.315 e. The first-order valence-corrected chi connectivity index (χ1v) is 17.1. The van der Waals surface area contributed by atoms with Gasteiger partial charge in [0.05, 0.1) is 45.1 Å². The molecule has 11 nitrogen and oxygen atoms in total. The van der Waals surface area contributed by atoms with E-state index in [2.05, 4.69) is 27.2 Å². The molecule has 2 aromatic carbocycles. The Morgan fingerprint density at radius 1 is 0.915 bits per heavy atom. The lowest BCUT2D eigenvalue weighted by Gasteiger charge is -2.19. The van der Waals surface area contributed by atoms with Gasteiger partial charge in [0.2, 0.25) is 11.8 Å². The van der Waals surface area contributed by atoms with E-state index in [9.17, 15) is 19.2 Å². The molecule has 0 unspecified atom stereocenters. The number of carbonyl (C=O) groups excluding carboxylic acids is 4. The first kappa shape index (κ1) is 36.0. The fourth-order valence-electron chi connectivity index (χ4n) is 5.47. The maximum absolute atomic E-state index is 13.2. The number of thioether (sulfide) groups is 1. The van der Waals surface area contributed by atoms with E-state index < -0.39 is 6.04 Å². The second-order valence-corrected chi connectivity index (χ2v) is 12.6. The Morgan fingerprint density at radius 3 is 2.36 bits per heavy atom. The predicted molar refractivity (Wildman–Crippen MR) is 180 cm³/mol. The monoisotopic (exact) mass is 664 g/mol. The number of fused-ring (bicyclic) bond motifs is 1. The quantitative estimate of drug-likeness (QED) is 0.0690. The van der Waals surface area contributed by atoms with Gasteiger partial charge in [-0.1, -0.05) is 66.9 Å². The van der Waals surface area contributed by atoms with Gasteiger partial charge in [-0.2, -0.15) is 11.8 Å². The zero-order chi connectivity index (χ0) is 33.3. The van der Waals surface area contributed by atoms with Crippen LogP contribution in [0.25, 0.3) is 0 Å². The van der Waals surface area contributed by atoms with E-state index in [0.717, 1.165) is 24.2 Å². The number of urea groups is 1.